The van der Waals surface area contributed by atoms with E-state index in [1.54, 1.807) is 7.11 Å². The molecule has 0 aromatic heterocycles. The van der Waals surface area contributed by atoms with Crippen molar-refractivity contribution in [3.8, 4) is 0 Å². The van der Waals surface area contributed by atoms with Gasteiger partial charge in [-0.25, -0.2) is 0 Å². The third kappa shape index (κ3) is 3.47. The fraction of sp³-hybridized carbons (Fsp3) is 0.500. The molecule has 18 heavy (non-hydrogen) atoms. The average Bonchev–Trinajstić information content (AvgIpc) is 2.33. The highest BCUT2D eigenvalue weighted by Crippen LogP contribution is 2.21. The van der Waals surface area contributed by atoms with Gasteiger partial charge < -0.3 is 15.0 Å². The summed E-state index contributed by atoms with van der Waals surface area (Å²) in [5.74, 6) is -0.0966. The van der Waals surface area contributed by atoms with Crippen molar-refractivity contribution in [2.45, 2.75) is 26.4 Å². The number of ether oxygens (including phenoxy) is 1. The highest BCUT2D eigenvalue weighted by Gasteiger charge is 2.16. The summed E-state index contributed by atoms with van der Waals surface area (Å²) in [6, 6.07) is 5.95. The number of rotatable bonds is 5. The van der Waals surface area contributed by atoms with Crippen molar-refractivity contribution in [1.82, 2.24) is 0 Å². The molecule has 0 aliphatic carbocycles. The summed E-state index contributed by atoms with van der Waals surface area (Å²) in [7, 11) is 5.53. The molecule has 1 aromatic rings. The van der Waals surface area contributed by atoms with Crippen LogP contribution in [0.1, 0.15) is 18.9 Å². The molecule has 1 N–H and O–H groups in total. The van der Waals surface area contributed by atoms with Crippen molar-refractivity contribution in [3.63, 3.8) is 0 Å². The molecule has 0 aliphatic heterocycles. The first-order valence-electron chi connectivity index (χ1n) is 6.11. The number of hydrogen-bond acceptors (Lipinski definition) is 3. The number of anilines is 2. The monoisotopic (exact) mass is 250 g/mol. The van der Waals surface area contributed by atoms with Crippen molar-refractivity contribution >= 4 is 17.3 Å². The quantitative estimate of drug-likeness (QED) is 0.872. The highest BCUT2D eigenvalue weighted by atomic mass is 16.5. The second-order valence-electron chi connectivity index (χ2n) is 4.52. The summed E-state index contributed by atoms with van der Waals surface area (Å²) in [6.07, 6.45) is 0.273. The lowest BCUT2D eigenvalue weighted by atomic mass is 10.1. The summed E-state index contributed by atoms with van der Waals surface area (Å²) >= 11 is 0. The average molecular weight is 250 g/mol. The summed E-state index contributed by atoms with van der Waals surface area (Å²) < 4.78 is 5.12. The molecule has 4 heteroatoms. The fourth-order valence-electron chi connectivity index (χ4n) is 1.74. The van der Waals surface area contributed by atoms with Gasteiger partial charge in [-0.3, -0.25) is 4.79 Å². The predicted octanol–water partition coefficient (Wildman–Crippen LogP) is 2.42. The zero-order chi connectivity index (χ0) is 13.7. The molecule has 0 spiro atoms. The van der Waals surface area contributed by atoms with Crippen LogP contribution in [0.2, 0.25) is 0 Å². The predicted molar refractivity (Wildman–Crippen MR) is 75.2 cm³/mol. The Balaban J connectivity index is 2.82. The molecule has 1 rings (SSSR count). The topological polar surface area (TPSA) is 41.6 Å². The minimum absolute atomic E-state index is 0.0966. The van der Waals surface area contributed by atoms with E-state index in [0.29, 0.717) is 6.42 Å². The molecule has 1 aromatic carbocycles. The minimum atomic E-state index is -0.391. The summed E-state index contributed by atoms with van der Waals surface area (Å²) in [4.78, 5) is 13.9. The van der Waals surface area contributed by atoms with E-state index in [1.807, 2.05) is 51.0 Å². The number of amides is 1. The normalized spacial score (nSPS) is 12.1. The van der Waals surface area contributed by atoms with Crippen LogP contribution in [0.15, 0.2) is 18.2 Å². The van der Waals surface area contributed by atoms with Gasteiger partial charge in [0.25, 0.3) is 5.91 Å². The third-order valence-corrected chi connectivity index (χ3v) is 2.93. The van der Waals surface area contributed by atoms with Crippen LogP contribution in [-0.4, -0.2) is 33.2 Å². The van der Waals surface area contributed by atoms with Crippen LogP contribution < -0.4 is 10.2 Å². The maximum Gasteiger partial charge on any atom is 0.253 e. The molecule has 1 amide bonds. The Hall–Kier alpha value is -1.55. The molecule has 0 unspecified atom stereocenters. The van der Waals surface area contributed by atoms with E-state index in [2.05, 4.69) is 5.32 Å². The molecular weight excluding hydrogens is 228 g/mol. The summed E-state index contributed by atoms with van der Waals surface area (Å²) in [6.45, 7) is 3.91. The van der Waals surface area contributed by atoms with Gasteiger partial charge in [-0.1, -0.05) is 6.92 Å². The van der Waals surface area contributed by atoms with E-state index in [1.165, 1.54) is 0 Å². The van der Waals surface area contributed by atoms with Crippen LogP contribution in [-0.2, 0) is 9.53 Å². The van der Waals surface area contributed by atoms with E-state index >= 15 is 0 Å². The van der Waals surface area contributed by atoms with Gasteiger partial charge in [0.1, 0.15) is 6.10 Å². The number of carbonyl (C=O) groups is 1. The van der Waals surface area contributed by atoms with Gasteiger partial charge in [0.15, 0.2) is 0 Å². The smallest absolute Gasteiger partial charge is 0.253 e. The zero-order valence-electron chi connectivity index (χ0n) is 11.8. The Kier molecular flexibility index (Phi) is 5.16. The van der Waals surface area contributed by atoms with Gasteiger partial charge in [-0.2, -0.15) is 0 Å². The number of carbonyl (C=O) groups excluding carboxylic acids is 1. The second-order valence-corrected chi connectivity index (χ2v) is 4.52. The molecule has 4 nitrogen and oxygen atoms in total. The molecule has 0 saturated carbocycles. The standard InChI is InChI=1S/C14H22N2O2/c1-6-13(18-5)14(17)15-12-8-7-11(16(3)4)9-10(12)2/h7-9,13H,6H2,1-5H3,(H,15,17)/t13-/m1/s1. The van der Waals surface area contributed by atoms with Crippen molar-refractivity contribution in [2.24, 2.45) is 0 Å². The molecule has 0 aliphatic rings. The number of nitrogens with one attached hydrogen (secondary N) is 1. The van der Waals surface area contributed by atoms with Gasteiger partial charge in [0, 0.05) is 32.6 Å². The maximum atomic E-state index is 11.9. The van der Waals surface area contributed by atoms with Crippen molar-refractivity contribution in [3.05, 3.63) is 23.8 Å². The highest BCUT2D eigenvalue weighted by molar-refractivity contribution is 5.95. The van der Waals surface area contributed by atoms with Crippen LogP contribution in [0.5, 0.6) is 0 Å². The Bertz CT molecular complexity index is 412. The SMILES string of the molecule is CC[C@@H](OC)C(=O)Nc1ccc(N(C)C)cc1C. The molecule has 1 atom stereocenters. The Morgan fingerprint density at radius 2 is 2.11 bits per heavy atom. The van der Waals surface area contributed by atoms with Gasteiger partial charge in [-0.05, 0) is 37.1 Å². The van der Waals surface area contributed by atoms with Crippen LogP contribution in [0.3, 0.4) is 0 Å². The molecule has 0 heterocycles. The van der Waals surface area contributed by atoms with Crippen LogP contribution in [0.25, 0.3) is 0 Å². The number of methoxy groups -OCH3 is 1. The molecule has 0 fully saturated rings. The van der Waals surface area contributed by atoms with Gasteiger partial charge >= 0.3 is 0 Å². The van der Waals surface area contributed by atoms with Crippen molar-refractivity contribution in [1.29, 1.82) is 0 Å². The first-order valence-corrected chi connectivity index (χ1v) is 6.11. The molecule has 0 bridgehead atoms. The zero-order valence-corrected chi connectivity index (χ0v) is 11.8. The molecular formula is C14H22N2O2. The Labute approximate surface area is 109 Å². The lowest BCUT2D eigenvalue weighted by Crippen LogP contribution is -2.29. The number of nitrogens with zero attached hydrogens (tertiary/aromatic N) is 1. The first kappa shape index (κ1) is 14.5. The number of aryl methyl sites for hydroxylation is 1. The minimum Gasteiger partial charge on any atom is -0.378 e. The van der Waals surface area contributed by atoms with Gasteiger partial charge in [0.2, 0.25) is 0 Å². The van der Waals surface area contributed by atoms with E-state index in [4.69, 9.17) is 4.74 Å². The first-order chi connectivity index (χ1) is 8.49. The van der Waals surface area contributed by atoms with Crippen LogP contribution in [0, 0.1) is 6.92 Å². The summed E-state index contributed by atoms with van der Waals surface area (Å²) in [5.41, 5.74) is 2.99. The lowest BCUT2D eigenvalue weighted by Gasteiger charge is -2.17. The second kappa shape index (κ2) is 6.40. The van der Waals surface area contributed by atoms with Crippen LogP contribution in [0.4, 0.5) is 11.4 Å². The lowest BCUT2D eigenvalue weighted by molar-refractivity contribution is -0.125. The number of benzene rings is 1. The van der Waals surface area contributed by atoms with Crippen LogP contribution >= 0.6 is 0 Å². The third-order valence-electron chi connectivity index (χ3n) is 2.93. The van der Waals surface area contributed by atoms with Gasteiger partial charge in [-0.15, -0.1) is 0 Å². The Morgan fingerprint density at radius 3 is 2.56 bits per heavy atom. The van der Waals surface area contributed by atoms with Gasteiger partial charge in [0.05, 0.1) is 0 Å². The molecule has 0 saturated heterocycles. The largest absolute Gasteiger partial charge is 0.378 e. The fourth-order valence-corrected chi connectivity index (χ4v) is 1.74. The molecule has 100 valence electrons. The maximum absolute atomic E-state index is 11.9. The van der Waals surface area contributed by atoms with E-state index in [-0.39, 0.29) is 5.91 Å². The van der Waals surface area contributed by atoms with E-state index in [9.17, 15) is 4.79 Å². The van der Waals surface area contributed by atoms with E-state index < -0.39 is 6.10 Å². The number of hydrogen-bond donors (Lipinski definition) is 1. The van der Waals surface area contributed by atoms with E-state index in [0.717, 1.165) is 16.9 Å². The molecule has 0 radical (unpaired) electrons. The Morgan fingerprint density at radius 1 is 1.44 bits per heavy atom. The summed E-state index contributed by atoms with van der Waals surface area (Å²) in [5, 5.41) is 2.90. The van der Waals surface area contributed by atoms with Crippen molar-refractivity contribution in [2.75, 3.05) is 31.4 Å². The van der Waals surface area contributed by atoms with Crippen molar-refractivity contribution < 1.29 is 9.53 Å².